The number of likely N-dealkylation sites (N-methyl/N-ethyl adjacent to an activating group) is 1. The van der Waals surface area contributed by atoms with Crippen molar-refractivity contribution >= 4 is 11.6 Å². The highest BCUT2D eigenvalue weighted by Gasteiger charge is 2.44. The van der Waals surface area contributed by atoms with Crippen molar-refractivity contribution in [2.45, 2.75) is 37.5 Å². The van der Waals surface area contributed by atoms with Gasteiger partial charge in [-0.3, -0.25) is 14.7 Å². The van der Waals surface area contributed by atoms with Gasteiger partial charge in [-0.15, -0.1) is 0 Å². The van der Waals surface area contributed by atoms with Crippen LogP contribution >= 0.6 is 0 Å². The minimum absolute atomic E-state index is 0.0872. The van der Waals surface area contributed by atoms with Crippen LogP contribution in [0.1, 0.15) is 35.2 Å². The van der Waals surface area contributed by atoms with Crippen LogP contribution in [0.2, 0.25) is 0 Å². The van der Waals surface area contributed by atoms with Crippen molar-refractivity contribution in [3.05, 3.63) is 59.9 Å². The Kier molecular flexibility index (Phi) is 6.06. The molecule has 1 spiro atoms. The van der Waals surface area contributed by atoms with E-state index in [9.17, 15) is 4.79 Å². The molecule has 2 aliphatic heterocycles. The number of carbonyl (C=O) groups is 1. The molecule has 2 fully saturated rings. The summed E-state index contributed by atoms with van der Waals surface area (Å²) in [7, 11) is 6.15. The van der Waals surface area contributed by atoms with Gasteiger partial charge in [-0.2, -0.15) is 0 Å². The van der Waals surface area contributed by atoms with Gasteiger partial charge >= 0.3 is 0 Å². The molecule has 0 N–H and O–H groups in total. The summed E-state index contributed by atoms with van der Waals surface area (Å²) < 4.78 is 6.34. The molecule has 2 saturated heterocycles. The first-order valence-corrected chi connectivity index (χ1v) is 10.8. The average molecular weight is 409 g/mol. The van der Waals surface area contributed by atoms with Gasteiger partial charge in [0.2, 0.25) is 0 Å². The van der Waals surface area contributed by atoms with Gasteiger partial charge in [0.1, 0.15) is 0 Å². The molecule has 2 aromatic rings. The fourth-order valence-electron chi connectivity index (χ4n) is 4.58. The largest absolute Gasteiger partial charge is 0.378 e. The lowest BCUT2D eigenvalue weighted by atomic mass is 9.87. The van der Waals surface area contributed by atoms with Gasteiger partial charge in [0, 0.05) is 63.4 Å². The summed E-state index contributed by atoms with van der Waals surface area (Å²) in [6.45, 7) is 3.15. The second-order valence-corrected chi connectivity index (χ2v) is 8.87. The molecule has 160 valence electrons. The number of ether oxygens (including phenoxy) is 1. The van der Waals surface area contributed by atoms with Crippen LogP contribution < -0.4 is 4.90 Å². The third-order valence-corrected chi connectivity index (χ3v) is 6.54. The van der Waals surface area contributed by atoms with Crippen LogP contribution in [0.5, 0.6) is 0 Å². The molecule has 3 heterocycles. The third-order valence-electron chi connectivity index (χ3n) is 6.54. The fourth-order valence-corrected chi connectivity index (χ4v) is 4.58. The van der Waals surface area contributed by atoms with Crippen LogP contribution in [0.4, 0.5) is 5.69 Å². The minimum atomic E-state index is -0.0872. The topological polar surface area (TPSA) is 48.9 Å². The van der Waals surface area contributed by atoms with Crippen molar-refractivity contribution in [3.8, 4) is 0 Å². The number of piperidine rings is 1. The molecule has 6 nitrogen and oxygen atoms in total. The highest BCUT2D eigenvalue weighted by Crippen LogP contribution is 2.38. The summed E-state index contributed by atoms with van der Waals surface area (Å²) in [4.78, 5) is 23.6. The molecule has 30 heavy (non-hydrogen) atoms. The molecule has 0 bridgehead atoms. The third kappa shape index (κ3) is 4.50. The molecule has 1 atom stereocenters. The van der Waals surface area contributed by atoms with Crippen molar-refractivity contribution in [2.24, 2.45) is 0 Å². The lowest BCUT2D eigenvalue weighted by molar-refractivity contribution is -0.0393. The molecule has 0 saturated carbocycles. The molecular weight excluding hydrogens is 376 g/mol. The van der Waals surface area contributed by atoms with Crippen molar-refractivity contribution in [1.29, 1.82) is 0 Å². The van der Waals surface area contributed by atoms with Crippen LogP contribution in [0.25, 0.3) is 0 Å². The normalized spacial score (nSPS) is 20.7. The first-order chi connectivity index (χ1) is 14.5. The van der Waals surface area contributed by atoms with E-state index in [4.69, 9.17) is 4.74 Å². The number of benzene rings is 1. The lowest BCUT2D eigenvalue weighted by Crippen LogP contribution is -2.47. The summed E-state index contributed by atoms with van der Waals surface area (Å²) in [6, 6.07) is 12.4. The van der Waals surface area contributed by atoms with Crippen LogP contribution in [0, 0.1) is 0 Å². The molecule has 4 rings (SSSR count). The first kappa shape index (κ1) is 20.8. The maximum absolute atomic E-state index is 13.0. The molecule has 1 aromatic carbocycles. The lowest BCUT2D eigenvalue weighted by Gasteiger charge is -2.39. The van der Waals surface area contributed by atoms with Crippen molar-refractivity contribution in [2.75, 3.05) is 45.7 Å². The Morgan fingerprint density at radius 3 is 2.70 bits per heavy atom. The van der Waals surface area contributed by atoms with Gasteiger partial charge in [-0.25, -0.2) is 0 Å². The summed E-state index contributed by atoms with van der Waals surface area (Å²) in [5.41, 5.74) is 2.95. The Hall–Kier alpha value is -2.44. The van der Waals surface area contributed by atoms with E-state index in [2.05, 4.69) is 23.0 Å². The van der Waals surface area contributed by atoms with E-state index in [0.717, 1.165) is 56.8 Å². The molecule has 1 aromatic heterocycles. The summed E-state index contributed by atoms with van der Waals surface area (Å²) in [5.74, 6) is 0.122. The Morgan fingerprint density at radius 2 is 2.00 bits per heavy atom. The predicted molar refractivity (Wildman–Crippen MR) is 119 cm³/mol. The van der Waals surface area contributed by atoms with Gasteiger partial charge in [-0.1, -0.05) is 12.1 Å². The summed E-state index contributed by atoms with van der Waals surface area (Å²) >= 11 is 0. The van der Waals surface area contributed by atoms with E-state index in [-0.39, 0.29) is 11.5 Å². The monoisotopic (exact) mass is 408 g/mol. The van der Waals surface area contributed by atoms with Gasteiger partial charge in [0.15, 0.2) is 0 Å². The van der Waals surface area contributed by atoms with Crippen LogP contribution in [-0.2, 0) is 11.3 Å². The molecular formula is C24H32N4O2. The highest BCUT2D eigenvalue weighted by atomic mass is 16.5. The van der Waals surface area contributed by atoms with Crippen LogP contribution in [0.3, 0.4) is 0 Å². The molecule has 6 heteroatoms. The summed E-state index contributed by atoms with van der Waals surface area (Å²) in [6.07, 6.45) is 6.58. The predicted octanol–water partition coefficient (Wildman–Crippen LogP) is 3.04. The SMILES string of the molecule is CN(C)c1cccc(C(=O)N2CCC3(CC2)CC(N(C)Cc2cccnc2)CO3)c1. The minimum Gasteiger partial charge on any atom is -0.378 e. The Morgan fingerprint density at radius 1 is 1.20 bits per heavy atom. The van der Waals surface area contributed by atoms with E-state index in [1.165, 1.54) is 5.56 Å². The van der Waals surface area contributed by atoms with Gasteiger partial charge in [0.05, 0.1) is 12.2 Å². The maximum atomic E-state index is 13.0. The maximum Gasteiger partial charge on any atom is 0.253 e. The quantitative estimate of drug-likeness (QED) is 0.761. The molecule has 2 aliphatic rings. The van der Waals surface area contributed by atoms with E-state index in [0.29, 0.717) is 6.04 Å². The van der Waals surface area contributed by atoms with Crippen molar-refractivity contribution in [3.63, 3.8) is 0 Å². The highest BCUT2D eigenvalue weighted by molar-refractivity contribution is 5.95. The Labute approximate surface area is 179 Å². The molecule has 0 radical (unpaired) electrons. The van der Waals surface area contributed by atoms with E-state index in [1.807, 2.05) is 66.6 Å². The standard InChI is InChI=1S/C24H32N4O2/c1-26(2)21-8-4-7-20(14-21)23(29)28-12-9-24(10-13-28)15-22(18-30-24)27(3)17-19-6-5-11-25-16-19/h4-8,11,14,16,22H,9-10,12-13,15,17-18H2,1-3H3. The fraction of sp³-hybridized carbons (Fsp3) is 0.500. The number of pyridine rings is 1. The van der Waals surface area contributed by atoms with E-state index >= 15 is 0 Å². The number of rotatable bonds is 5. The number of hydrogen-bond acceptors (Lipinski definition) is 5. The molecule has 0 aliphatic carbocycles. The van der Waals surface area contributed by atoms with E-state index < -0.39 is 0 Å². The number of amides is 1. The number of carbonyl (C=O) groups excluding carboxylic acids is 1. The molecule has 1 unspecified atom stereocenters. The number of aromatic nitrogens is 1. The number of likely N-dealkylation sites (tertiary alicyclic amines) is 1. The number of hydrogen-bond donors (Lipinski definition) is 0. The summed E-state index contributed by atoms with van der Waals surface area (Å²) in [5, 5.41) is 0. The first-order valence-electron chi connectivity index (χ1n) is 10.8. The number of anilines is 1. The zero-order valence-corrected chi connectivity index (χ0v) is 18.3. The van der Waals surface area contributed by atoms with Crippen molar-refractivity contribution < 1.29 is 9.53 Å². The van der Waals surface area contributed by atoms with Crippen LogP contribution in [-0.4, -0.2) is 73.2 Å². The van der Waals surface area contributed by atoms with Gasteiger partial charge in [-0.05, 0) is 56.1 Å². The van der Waals surface area contributed by atoms with Crippen molar-refractivity contribution in [1.82, 2.24) is 14.8 Å². The van der Waals surface area contributed by atoms with Crippen LogP contribution in [0.15, 0.2) is 48.8 Å². The second-order valence-electron chi connectivity index (χ2n) is 8.87. The zero-order valence-electron chi connectivity index (χ0n) is 18.3. The van der Waals surface area contributed by atoms with E-state index in [1.54, 1.807) is 0 Å². The van der Waals surface area contributed by atoms with Gasteiger partial charge in [0.25, 0.3) is 5.91 Å². The average Bonchev–Trinajstić information content (AvgIpc) is 3.18. The molecule has 1 amide bonds. The Bertz CT molecular complexity index is 863. The second kappa shape index (κ2) is 8.74. The smallest absolute Gasteiger partial charge is 0.253 e. The van der Waals surface area contributed by atoms with Gasteiger partial charge < -0.3 is 14.5 Å². The zero-order chi connectivity index (χ0) is 21.1. The number of nitrogens with zero attached hydrogens (tertiary/aromatic N) is 4. The Balaban J connectivity index is 1.33.